The van der Waals surface area contributed by atoms with Gasteiger partial charge in [0.1, 0.15) is 24.6 Å². The predicted molar refractivity (Wildman–Crippen MR) is 90.4 cm³/mol. The Hall–Kier alpha value is -2.60. The van der Waals surface area contributed by atoms with Crippen LogP contribution in [-0.2, 0) is 4.79 Å². The van der Waals surface area contributed by atoms with E-state index in [0.717, 1.165) is 0 Å². The molecule has 3 rings (SSSR count). The van der Waals surface area contributed by atoms with Gasteiger partial charge in [-0.25, -0.2) is 4.39 Å². The minimum atomic E-state index is -0.981. The molecule has 25 heavy (non-hydrogen) atoms. The number of carbonyl (C=O) groups is 1. The van der Waals surface area contributed by atoms with Crippen molar-refractivity contribution in [3.8, 4) is 11.5 Å². The third-order valence-electron chi connectivity index (χ3n) is 4.20. The normalized spacial score (nSPS) is 17.3. The molecule has 0 radical (unpaired) electrons. The maximum Gasteiger partial charge on any atom is 0.325 e. The van der Waals surface area contributed by atoms with E-state index >= 15 is 0 Å². The Labute approximate surface area is 145 Å². The van der Waals surface area contributed by atoms with Gasteiger partial charge in [-0.15, -0.1) is 0 Å². The molecule has 0 fully saturated rings. The molecular formula is C19H20FNO4. The van der Waals surface area contributed by atoms with E-state index in [9.17, 15) is 14.3 Å². The first-order valence-corrected chi connectivity index (χ1v) is 8.19. The molecule has 2 unspecified atom stereocenters. The highest BCUT2D eigenvalue weighted by molar-refractivity contribution is 5.75. The van der Waals surface area contributed by atoms with Crippen molar-refractivity contribution in [2.75, 3.05) is 19.7 Å². The third-order valence-corrected chi connectivity index (χ3v) is 4.20. The van der Waals surface area contributed by atoms with Crippen molar-refractivity contribution < 1.29 is 23.8 Å². The number of ether oxygens (including phenoxy) is 2. The maximum atomic E-state index is 13.2. The molecule has 2 aromatic rings. The quantitative estimate of drug-likeness (QED) is 0.872. The Morgan fingerprint density at radius 2 is 1.92 bits per heavy atom. The molecule has 1 aliphatic rings. The zero-order valence-electron chi connectivity index (χ0n) is 13.9. The summed E-state index contributed by atoms with van der Waals surface area (Å²) < 4.78 is 24.8. The molecule has 0 aromatic heterocycles. The molecule has 0 amide bonds. The van der Waals surface area contributed by atoms with Gasteiger partial charge in [0.05, 0.1) is 0 Å². The lowest BCUT2D eigenvalue weighted by Gasteiger charge is -2.33. The van der Waals surface area contributed by atoms with Gasteiger partial charge < -0.3 is 14.6 Å². The second-order valence-electron chi connectivity index (χ2n) is 5.88. The van der Waals surface area contributed by atoms with E-state index in [4.69, 9.17) is 9.47 Å². The highest BCUT2D eigenvalue weighted by Gasteiger charge is 2.31. The number of aliphatic carboxylic acids is 1. The molecule has 0 saturated heterocycles. The van der Waals surface area contributed by atoms with E-state index in [1.807, 2.05) is 31.2 Å². The molecule has 1 aliphatic heterocycles. The molecule has 0 bridgehead atoms. The van der Waals surface area contributed by atoms with Crippen molar-refractivity contribution >= 4 is 5.97 Å². The maximum absolute atomic E-state index is 13.2. The summed E-state index contributed by atoms with van der Waals surface area (Å²) in [7, 11) is 0. The average molecular weight is 345 g/mol. The van der Waals surface area contributed by atoms with Crippen molar-refractivity contribution in [2.45, 2.75) is 19.1 Å². The Balaban J connectivity index is 1.76. The molecule has 2 atom stereocenters. The van der Waals surface area contributed by atoms with Crippen LogP contribution >= 0.6 is 0 Å². The third kappa shape index (κ3) is 3.91. The van der Waals surface area contributed by atoms with Crippen molar-refractivity contribution in [1.82, 2.24) is 4.90 Å². The molecule has 1 N–H and O–H groups in total. The number of fused-ring (bicyclic) bond motifs is 1. The first-order chi connectivity index (χ1) is 12.1. The monoisotopic (exact) mass is 345 g/mol. The van der Waals surface area contributed by atoms with Gasteiger partial charge in [-0.1, -0.05) is 31.2 Å². The number of likely N-dealkylation sites (N-methyl/N-ethyl adjacent to an activating group) is 1. The van der Waals surface area contributed by atoms with Crippen molar-refractivity contribution in [3.63, 3.8) is 0 Å². The lowest BCUT2D eigenvalue weighted by Crippen LogP contribution is -2.44. The van der Waals surface area contributed by atoms with Crippen LogP contribution in [0.5, 0.6) is 11.5 Å². The fourth-order valence-electron chi connectivity index (χ4n) is 2.99. The number of halogens is 1. The second kappa shape index (κ2) is 7.53. The van der Waals surface area contributed by atoms with E-state index in [1.54, 1.807) is 4.90 Å². The topological polar surface area (TPSA) is 59.0 Å². The molecule has 0 saturated carbocycles. The SMILES string of the molecule is CCN(CC1COc2ccccc2O1)C(C(=O)O)c1ccc(F)cc1. The van der Waals surface area contributed by atoms with Gasteiger partial charge in [-0.05, 0) is 36.4 Å². The molecule has 1 heterocycles. The van der Waals surface area contributed by atoms with Crippen molar-refractivity contribution in [3.05, 3.63) is 59.9 Å². The van der Waals surface area contributed by atoms with Gasteiger partial charge in [0, 0.05) is 6.54 Å². The van der Waals surface area contributed by atoms with Gasteiger partial charge >= 0.3 is 5.97 Å². The largest absolute Gasteiger partial charge is 0.486 e. The molecule has 0 aliphatic carbocycles. The molecule has 2 aromatic carbocycles. The predicted octanol–water partition coefficient (Wildman–Crippen LogP) is 3.11. The zero-order valence-corrected chi connectivity index (χ0v) is 13.9. The number of hydrogen-bond acceptors (Lipinski definition) is 4. The first kappa shape index (κ1) is 17.2. The minimum Gasteiger partial charge on any atom is -0.486 e. The van der Waals surface area contributed by atoms with Crippen LogP contribution in [0.1, 0.15) is 18.5 Å². The van der Waals surface area contributed by atoms with Gasteiger partial charge in [0.2, 0.25) is 0 Å². The number of para-hydroxylation sites is 2. The van der Waals surface area contributed by atoms with Crippen LogP contribution in [0.2, 0.25) is 0 Å². The van der Waals surface area contributed by atoms with Crippen LogP contribution in [-0.4, -0.2) is 41.8 Å². The smallest absolute Gasteiger partial charge is 0.325 e. The van der Waals surface area contributed by atoms with Crippen LogP contribution in [0, 0.1) is 5.82 Å². The van der Waals surface area contributed by atoms with Crippen molar-refractivity contribution in [1.29, 1.82) is 0 Å². The molecular weight excluding hydrogens is 325 g/mol. The van der Waals surface area contributed by atoms with E-state index in [1.165, 1.54) is 24.3 Å². The van der Waals surface area contributed by atoms with Gasteiger partial charge in [-0.2, -0.15) is 0 Å². The van der Waals surface area contributed by atoms with Crippen LogP contribution < -0.4 is 9.47 Å². The Morgan fingerprint density at radius 1 is 1.24 bits per heavy atom. The number of carboxylic acids is 1. The van der Waals surface area contributed by atoms with Crippen LogP contribution in [0.15, 0.2) is 48.5 Å². The molecule has 132 valence electrons. The summed E-state index contributed by atoms with van der Waals surface area (Å²) in [4.78, 5) is 13.6. The van der Waals surface area contributed by atoms with Crippen LogP contribution in [0.25, 0.3) is 0 Å². The minimum absolute atomic E-state index is 0.280. The van der Waals surface area contributed by atoms with Crippen LogP contribution in [0.4, 0.5) is 4.39 Å². The average Bonchev–Trinajstić information content (AvgIpc) is 2.62. The lowest BCUT2D eigenvalue weighted by molar-refractivity contribution is -0.144. The summed E-state index contributed by atoms with van der Waals surface area (Å²) in [5.74, 6) is -0.0271. The van der Waals surface area contributed by atoms with Gasteiger partial charge in [0.15, 0.2) is 11.5 Å². The fraction of sp³-hybridized carbons (Fsp3) is 0.316. The standard InChI is InChI=1S/C19H20FNO4/c1-2-21(18(19(22)23)13-7-9-14(20)10-8-13)11-15-12-24-16-5-3-4-6-17(16)25-15/h3-10,15,18H,2,11-12H2,1H3,(H,22,23). The molecule has 5 nitrogen and oxygen atoms in total. The number of rotatable bonds is 6. The first-order valence-electron chi connectivity index (χ1n) is 8.19. The van der Waals surface area contributed by atoms with E-state index in [2.05, 4.69) is 0 Å². The molecule has 6 heteroatoms. The number of hydrogen-bond donors (Lipinski definition) is 1. The lowest BCUT2D eigenvalue weighted by atomic mass is 10.0. The Bertz CT molecular complexity index is 734. The highest BCUT2D eigenvalue weighted by atomic mass is 19.1. The highest BCUT2D eigenvalue weighted by Crippen LogP contribution is 2.32. The fourth-order valence-corrected chi connectivity index (χ4v) is 2.99. The summed E-state index contributed by atoms with van der Waals surface area (Å²) in [5, 5.41) is 9.68. The number of nitrogens with zero attached hydrogens (tertiary/aromatic N) is 1. The van der Waals surface area contributed by atoms with Gasteiger partial charge in [0.25, 0.3) is 0 Å². The summed E-state index contributed by atoms with van der Waals surface area (Å²) in [6.45, 7) is 3.13. The van der Waals surface area contributed by atoms with Gasteiger partial charge in [-0.3, -0.25) is 9.69 Å². The van der Waals surface area contributed by atoms with Crippen LogP contribution in [0.3, 0.4) is 0 Å². The second-order valence-corrected chi connectivity index (χ2v) is 5.88. The summed E-state index contributed by atoms with van der Waals surface area (Å²) in [5.41, 5.74) is 0.535. The number of benzene rings is 2. The van der Waals surface area contributed by atoms with E-state index in [-0.39, 0.29) is 6.10 Å². The Morgan fingerprint density at radius 3 is 2.56 bits per heavy atom. The summed E-state index contributed by atoms with van der Waals surface area (Å²) in [6, 6.07) is 12.1. The molecule has 0 spiro atoms. The summed E-state index contributed by atoms with van der Waals surface area (Å²) >= 11 is 0. The van der Waals surface area contributed by atoms with Crippen molar-refractivity contribution in [2.24, 2.45) is 0 Å². The number of carboxylic acid groups (broad SMARTS) is 1. The Kier molecular flexibility index (Phi) is 5.19. The van der Waals surface area contributed by atoms with E-state index < -0.39 is 17.8 Å². The zero-order chi connectivity index (χ0) is 17.8. The van der Waals surface area contributed by atoms with E-state index in [0.29, 0.717) is 36.8 Å². The summed E-state index contributed by atoms with van der Waals surface area (Å²) in [6.07, 6.45) is -0.280.